The Hall–Kier alpha value is -1.43. The van der Waals surface area contributed by atoms with Gasteiger partial charge in [0, 0.05) is 45.4 Å². The van der Waals surface area contributed by atoms with Crippen molar-refractivity contribution in [3.05, 3.63) is 35.4 Å². The van der Waals surface area contributed by atoms with Gasteiger partial charge in [0.1, 0.15) is 6.04 Å². The van der Waals surface area contributed by atoms with Crippen LogP contribution in [-0.2, 0) is 9.53 Å². The summed E-state index contributed by atoms with van der Waals surface area (Å²) in [4.78, 5) is 19.9. The lowest BCUT2D eigenvalue weighted by Gasteiger charge is -2.42. The van der Waals surface area contributed by atoms with Crippen molar-refractivity contribution in [2.75, 3.05) is 53.5 Å². The molecule has 2 aliphatic heterocycles. The van der Waals surface area contributed by atoms with Gasteiger partial charge in [-0.05, 0) is 45.0 Å². The fourth-order valence-electron chi connectivity index (χ4n) is 4.06. The van der Waals surface area contributed by atoms with Crippen LogP contribution in [0.1, 0.15) is 30.0 Å². The van der Waals surface area contributed by atoms with Crippen molar-refractivity contribution in [2.45, 2.75) is 31.8 Å². The van der Waals surface area contributed by atoms with Crippen LogP contribution in [0.5, 0.6) is 0 Å². The summed E-state index contributed by atoms with van der Waals surface area (Å²) in [7, 11) is 3.99. The van der Waals surface area contributed by atoms with Gasteiger partial charge >= 0.3 is 0 Å². The summed E-state index contributed by atoms with van der Waals surface area (Å²) in [6.45, 7) is 7.44. The Kier molecular flexibility index (Phi) is 6.10. The Balaban J connectivity index is 1.65. The molecular weight excluding hydrogens is 314 g/mol. The third kappa shape index (κ3) is 4.22. The van der Waals surface area contributed by atoms with Gasteiger partial charge in [-0.2, -0.15) is 0 Å². The minimum atomic E-state index is -0.198. The third-order valence-electron chi connectivity index (χ3n) is 5.57. The van der Waals surface area contributed by atoms with Gasteiger partial charge in [0.2, 0.25) is 5.91 Å². The zero-order valence-corrected chi connectivity index (χ0v) is 15.8. The molecule has 0 radical (unpaired) electrons. The molecule has 1 aromatic carbocycles. The van der Waals surface area contributed by atoms with Gasteiger partial charge < -0.3 is 9.64 Å². The molecule has 0 aliphatic carbocycles. The van der Waals surface area contributed by atoms with Crippen LogP contribution in [0, 0.1) is 6.92 Å². The molecule has 3 rings (SSSR count). The number of piperazine rings is 1. The van der Waals surface area contributed by atoms with E-state index in [1.165, 1.54) is 5.56 Å². The zero-order chi connectivity index (χ0) is 17.8. The monoisotopic (exact) mass is 345 g/mol. The number of hydrogen-bond donors (Lipinski definition) is 0. The Morgan fingerprint density at radius 3 is 2.36 bits per heavy atom. The van der Waals surface area contributed by atoms with E-state index in [0.717, 1.165) is 57.8 Å². The molecule has 0 N–H and O–H groups in total. The number of aryl methyl sites for hydroxylation is 1. The average Bonchev–Trinajstić information content (AvgIpc) is 2.64. The fourth-order valence-corrected chi connectivity index (χ4v) is 4.06. The standard InChI is InChI=1S/C20H31N3O2/c1-16-6-4-5-7-18(16)19(21(2)3)20(24)23-12-10-22(11-13-23)17-8-14-25-15-9-17/h4-7,17,19H,8-15H2,1-3H3/t19-/m1/s1. The zero-order valence-electron chi connectivity index (χ0n) is 15.8. The number of ether oxygens (including phenoxy) is 1. The van der Waals surface area contributed by atoms with E-state index in [0.29, 0.717) is 6.04 Å². The Bertz CT molecular complexity index is 576. The summed E-state index contributed by atoms with van der Waals surface area (Å²) in [5, 5.41) is 0. The van der Waals surface area contributed by atoms with Crippen LogP contribution in [0.15, 0.2) is 24.3 Å². The van der Waals surface area contributed by atoms with Crippen molar-refractivity contribution in [3.8, 4) is 0 Å². The lowest BCUT2D eigenvalue weighted by Crippen LogP contribution is -2.54. The second-order valence-electron chi connectivity index (χ2n) is 7.43. The number of nitrogens with zero attached hydrogens (tertiary/aromatic N) is 3. The fraction of sp³-hybridized carbons (Fsp3) is 0.650. The summed E-state index contributed by atoms with van der Waals surface area (Å²) in [6, 6.07) is 8.65. The van der Waals surface area contributed by atoms with Crippen LogP contribution in [0.2, 0.25) is 0 Å². The Labute approximate surface area is 151 Å². The molecule has 25 heavy (non-hydrogen) atoms. The molecular formula is C20H31N3O2. The molecule has 138 valence electrons. The van der Waals surface area contributed by atoms with E-state index in [-0.39, 0.29) is 11.9 Å². The predicted octanol–water partition coefficient (Wildman–Crippen LogP) is 1.92. The molecule has 5 nitrogen and oxygen atoms in total. The second kappa shape index (κ2) is 8.30. The molecule has 1 atom stereocenters. The number of carbonyl (C=O) groups is 1. The van der Waals surface area contributed by atoms with E-state index in [1.807, 2.05) is 36.0 Å². The van der Waals surface area contributed by atoms with Crippen LogP contribution in [0.4, 0.5) is 0 Å². The van der Waals surface area contributed by atoms with Gasteiger partial charge in [0.05, 0.1) is 0 Å². The number of carbonyl (C=O) groups excluding carboxylic acids is 1. The first kappa shape index (κ1) is 18.4. The van der Waals surface area contributed by atoms with Gasteiger partial charge in [-0.25, -0.2) is 0 Å². The van der Waals surface area contributed by atoms with E-state index < -0.39 is 0 Å². The molecule has 5 heteroatoms. The third-order valence-corrected chi connectivity index (χ3v) is 5.57. The summed E-state index contributed by atoms with van der Waals surface area (Å²) >= 11 is 0. The molecule has 0 unspecified atom stereocenters. The maximum absolute atomic E-state index is 13.2. The van der Waals surface area contributed by atoms with Crippen LogP contribution < -0.4 is 0 Å². The van der Waals surface area contributed by atoms with Crippen molar-refractivity contribution < 1.29 is 9.53 Å². The minimum absolute atomic E-state index is 0.198. The smallest absolute Gasteiger partial charge is 0.244 e. The van der Waals surface area contributed by atoms with E-state index in [9.17, 15) is 4.79 Å². The minimum Gasteiger partial charge on any atom is -0.381 e. The summed E-state index contributed by atoms with van der Waals surface area (Å²) in [5.74, 6) is 0.228. The van der Waals surface area contributed by atoms with Crippen molar-refractivity contribution >= 4 is 5.91 Å². The topological polar surface area (TPSA) is 36.0 Å². The van der Waals surface area contributed by atoms with Gasteiger partial charge in [0.15, 0.2) is 0 Å². The predicted molar refractivity (Wildman–Crippen MR) is 99.6 cm³/mol. The summed E-state index contributed by atoms with van der Waals surface area (Å²) in [6.07, 6.45) is 2.24. The number of amides is 1. The van der Waals surface area contributed by atoms with Gasteiger partial charge in [-0.15, -0.1) is 0 Å². The molecule has 1 aromatic rings. The van der Waals surface area contributed by atoms with Crippen molar-refractivity contribution in [1.29, 1.82) is 0 Å². The number of rotatable bonds is 4. The van der Waals surface area contributed by atoms with Gasteiger partial charge in [-0.1, -0.05) is 24.3 Å². The highest BCUT2D eigenvalue weighted by molar-refractivity contribution is 5.83. The van der Waals surface area contributed by atoms with Crippen molar-refractivity contribution in [3.63, 3.8) is 0 Å². The van der Waals surface area contributed by atoms with E-state index in [4.69, 9.17) is 4.74 Å². The highest BCUT2D eigenvalue weighted by Gasteiger charge is 2.32. The molecule has 1 amide bonds. The molecule has 2 saturated heterocycles. The largest absolute Gasteiger partial charge is 0.381 e. The number of likely N-dealkylation sites (N-methyl/N-ethyl adjacent to an activating group) is 1. The molecule has 0 spiro atoms. The Morgan fingerprint density at radius 2 is 1.76 bits per heavy atom. The normalized spacial score (nSPS) is 21.5. The molecule has 0 aromatic heterocycles. The highest BCUT2D eigenvalue weighted by Crippen LogP contribution is 2.25. The van der Waals surface area contributed by atoms with Crippen LogP contribution in [0.25, 0.3) is 0 Å². The van der Waals surface area contributed by atoms with Crippen LogP contribution in [-0.4, -0.2) is 80.1 Å². The molecule has 2 aliphatic rings. The molecule has 2 fully saturated rings. The highest BCUT2D eigenvalue weighted by atomic mass is 16.5. The lowest BCUT2D eigenvalue weighted by atomic mass is 9.99. The molecule has 0 saturated carbocycles. The van der Waals surface area contributed by atoms with Crippen LogP contribution in [0.3, 0.4) is 0 Å². The van der Waals surface area contributed by atoms with E-state index in [1.54, 1.807) is 0 Å². The number of hydrogen-bond acceptors (Lipinski definition) is 4. The SMILES string of the molecule is Cc1ccccc1[C@H](C(=O)N1CCN(C2CCOCC2)CC1)N(C)C. The summed E-state index contributed by atoms with van der Waals surface area (Å²) < 4.78 is 5.47. The van der Waals surface area contributed by atoms with Crippen molar-refractivity contribution in [1.82, 2.24) is 14.7 Å². The summed E-state index contributed by atoms with van der Waals surface area (Å²) in [5.41, 5.74) is 2.29. The van der Waals surface area contributed by atoms with Gasteiger partial charge in [-0.3, -0.25) is 14.6 Å². The quantitative estimate of drug-likeness (QED) is 0.835. The Morgan fingerprint density at radius 1 is 1.12 bits per heavy atom. The lowest BCUT2D eigenvalue weighted by molar-refractivity contribution is -0.138. The second-order valence-corrected chi connectivity index (χ2v) is 7.43. The van der Waals surface area contributed by atoms with Crippen molar-refractivity contribution in [2.24, 2.45) is 0 Å². The van der Waals surface area contributed by atoms with E-state index in [2.05, 4.69) is 24.0 Å². The van der Waals surface area contributed by atoms with E-state index >= 15 is 0 Å². The maximum Gasteiger partial charge on any atom is 0.244 e. The molecule has 0 bridgehead atoms. The number of benzene rings is 1. The maximum atomic E-state index is 13.2. The first-order chi connectivity index (χ1) is 12.1. The van der Waals surface area contributed by atoms with Crippen LogP contribution >= 0.6 is 0 Å². The first-order valence-electron chi connectivity index (χ1n) is 9.40. The average molecular weight is 345 g/mol. The molecule has 2 heterocycles. The van der Waals surface area contributed by atoms with Gasteiger partial charge in [0.25, 0.3) is 0 Å². The first-order valence-corrected chi connectivity index (χ1v) is 9.40.